The number of aryl methyl sites for hydroxylation is 2. The number of halogens is 3. The van der Waals surface area contributed by atoms with Gasteiger partial charge in [-0.3, -0.25) is 0 Å². The van der Waals surface area contributed by atoms with Gasteiger partial charge in [-0.1, -0.05) is 138 Å². The molecule has 0 amide bonds. The van der Waals surface area contributed by atoms with Crippen molar-refractivity contribution in [3.63, 3.8) is 0 Å². The standard InChI is InChI=1S/C20H26I.C14H14I.C12H10I/c1-19(2,3)15-7-11-17(12-8-15)21-18-13-9-16(10-14-18)20(4,5)6;1-11-3-7-13(8-4-11)15-14-9-5-12(2)6-10-14;1-3-7-11(8-4-1)13-12-9-5-2-6-10-12/h7-14H,1-6H3;3-10H,1-2H3;1-10H/q3*+1. The zero-order chi connectivity index (χ0) is 35.3. The fourth-order valence-electron chi connectivity index (χ4n) is 4.55. The van der Waals surface area contributed by atoms with Gasteiger partial charge in [0.1, 0.15) is 0 Å². The molecule has 0 atom stereocenters. The predicted molar refractivity (Wildman–Crippen MR) is 198 cm³/mol. The summed E-state index contributed by atoms with van der Waals surface area (Å²) in [5.74, 6) is 0. The van der Waals surface area contributed by atoms with Crippen LogP contribution in [0.25, 0.3) is 0 Å². The van der Waals surface area contributed by atoms with Crippen molar-refractivity contribution in [1.82, 2.24) is 0 Å². The summed E-state index contributed by atoms with van der Waals surface area (Å²) >= 11 is -0.0385. The van der Waals surface area contributed by atoms with Gasteiger partial charge < -0.3 is 0 Å². The Morgan fingerprint density at radius 1 is 0.286 bits per heavy atom. The van der Waals surface area contributed by atoms with Crippen LogP contribution >= 0.6 is 0 Å². The number of hydrogen-bond donors (Lipinski definition) is 0. The molecule has 0 fully saturated rings. The summed E-state index contributed by atoms with van der Waals surface area (Å²) in [5, 5.41) is 0. The second-order valence-corrected chi connectivity index (χ2v) is 23.1. The second-order valence-electron chi connectivity index (χ2n) is 14.0. The molecule has 0 aromatic heterocycles. The summed E-state index contributed by atoms with van der Waals surface area (Å²) in [6, 6.07) is 57.6. The van der Waals surface area contributed by atoms with Gasteiger partial charge in [0.05, 0.1) is 0 Å². The van der Waals surface area contributed by atoms with Crippen LogP contribution < -0.4 is 63.6 Å². The Morgan fingerprint density at radius 2 is 0.510 bits per heavy atom. The maximum Gasteiger partial charge on any atom is 0.357 e. The van der Waals surface area contributed by atoms with Crippen LogP contribution in [0, 0.1) is 35.3 Å². The monoisotopic (exact) mass is 983 g/mol. The van der Waals surface area contributed by atoms with E-state index in [0.717, 1.165) is 0 Å². The van der Waals surface area contributed by atoms with Gasteiger partial charge in [-0.15, -0.1) is 0 Å². The molecule has 6 aromatic rings. The number of rotatable bonds is 6. The van der Waals surface area contributed by atoms with E-state index in [1.807, 2.05) is 0 Å². The average molecular weight is 984 g/mol. The second kappa shape index (κ2) is 19.2. The lowest BCUT2D eigenvalue weighted by atomic mass is 9.87. The summed E-state index contributed by atoms with van der Waals surface area (Å²) in [6.45, 7) is 17.9. The molecule has 0 aliphatic heterocycles. The first-order chi connectivity index (χ1) is 23.3. The van der Waals surface area contributed by atoms with E-state index < -0.39 is 0 Å². The van der Waals surface area contributed by atoms with Gasteiger partial charge >= 0.3 is 63.6 Å². The topological polar surface area (TPSA) is 0 Å². The van der Waals surface area contributed by atoms with Crippen molar-refractivity contribution in [2.45, 2.75) is 66.2 Å². The minimum atomic E-state index is -0.0703. The van der Waals surface area contributed by atoms with E-state index in [0.29, 0.717) is 0 Å². The van der Waals surface area contributed by atoms with Crippen LogP contribution in [0.4, 0.5) is 0 Å². The van der Waals surface area contributed by atoms with Crippen molar-refractivity contribution in [3.8, 4) is 0 Å². The van der Waals surface area contributed by atoms with Crippen molar-refractivity contribution in [3.05, 3.63) is 201 Å². The Hall–Kier alpha value is -2.49. The molecule has 6 rings (SSSR count). The molecule has 0 N–H and O–H groups in total. The summed E-state index contributed by atoms with van der Waals surface area (Å²) in [4.78, 5) is 0. The lowest BCUT2D eigenvalue weighted by Crippen LogP contribution is -3.61. The van der Waals surface area contributed by atoms with E-state index in [-0.39, 0.29) is 74.4 Å². The number of hydrogen-bond acceptors (Lipinski definition) is 0. The molecule has 0 bridgehead atoms. The zero-order valence-corrected chi connectivity index (χ0v) is 36.6. The van der Waals surface area contributed by atoms with Gasteiger partial charge in [-0.25, -0.2) is 0 Å². The Balaban J connectivity index is 0.000000171. The minimum absolute atomic E-state index is 0.00313. The molecule has 0 unspecified atom stereocenters. The van der Waals surface area contributed by atoms with E-state index in [2.05, 4.69) is 213 Å². The van der Waals surface area contributed by atoms with Gasteiger partial charge in [-0.2, -0.15) is 0 Å². The van der Waals surface area contributed by atoms with Crippen LogP contribution in [-0.4, -0.2) is 0 Å². The van der Waals surface area contributed by atoms with Crippen molar-refractivity contribution in [2.24, 2.45) is 0 Å². The number of benzene rings is 6. The van der Waals surface area contributed by atoms with Crippen molar-refractivity contribution in [1.29, 1.82) is 0 Å². The highest BCUT2D eigenvalue weighted by molar-refractivity contribution is 5.24. The molecule has 0 aliphatic rings. The molecular formula is C46H50I3+3. The fraction of sp³-hybridized carbons (Fsp3) is 0.217. The average Bonchev–Trinajstić information content (AvgIpc) is 3.08. The highest BCUT2D eigenvalue weighted by Crippen LogP contribution is 2.22. The van der Waals surface area contributed by atoms with E-state index >= 15 is 0 Å². The third-order valence-corrected chi connectivity index (χ3v) is 15.6. The molecule has 0 radical (unpaired) electrons. The molecule has 0 aliphatic carbocycles. The predicted octanol–water partition coefficient (Wildman–Crippen LogP) is 2.66. The summed E-state index contributed by atoms with van der Waals surface area (Å²) in [6.07, 6.45) is 0. The smallest absolute Gasteiger partial charge is 0.0619 e. The Kier molecular flexibility index (Phi) is 15.4. The summed E-state index contributed by atoms with van der Waals surface area (Å²) < 4.78 is 8.92. The Bertz CT molecular complexity index is 1660. The van der Waals surface area contributed by atoms with Crippen LogP contribution in [0.2, 0.25) is 0 Å². The molecule has 49 heavy (non-hydrogen) atoms. The van der Waals surface area contributed by atoms with Gasteiger partial charge in [-0.05, 0) is 109 Å². The van der Waals surface area contributed by atoms with Gasteiger partial charge in [0.2, 0.25) is 0 Å². The molecule has 0 spiro atoms. The van der Waals surface area contributed by atoms with E-state index in [9.17, 15) is 0 Å². The van der Waals surface area contributed by atoms with Crippen molar-refractivity contribution in [2.75, 3.05) is 0 Å². The molecule has 0 saturated carbocycles. The van der Waals surface area contributed by atoms with E-state index in [1.165, 1.54) is 43.7 Å². The van der Waals surface area contributed by atoms with Gasteiger partial charge in [0.15, 0.2) is 21.4 Å². The quantitative estimate of drug-likeness (QED) is 0.226. The van der Waals surface area contributed by atoms with E-state index in [1.54, 1.807) is 0 Å². The molecule has 0 heterocycles. The lowest BCUT2D eigenvalue weighted by Gasteiger charge is -2.18. The first-order valence-electron chi connectivity index (χ1n) is 16.7. The highest BCUT2D eigenvalue weighted by Gasteiger charge is 2.20. The van der Waals surface area contributed by atoms with Crippen LogP contribution in [-0.2, 0) is 10.8 Å². The molecule has 6 aromatic carbocycles. The van der Waals surface area contributed by atoms with Crippen LogP contribution in [0.3, 0.4) is 0 Å². The normalized spacial score (nSPS) is 11.1. The minimum Gasteiger partial charge on any atom is -0.0619 e. The SMILES string of the molecule is CC(C)(C)c1ccc([I+]c2ccc(C(C)(C)C)cc2)cc1.Cc1ccc([I+]c2ccc(C)cc2)cc1.c1ccc([I+]c2ccccc2)cc1. The molecule has 252 valence electrons. The zero-order valence-electron chi connectivity index (χ0n) is 30.1. The van der Waals surface area contributed by atoms with Crippen LogP contribution in [0.1, 0.15) is 63.8 Å². The highest BCUT2D eigenvalue weighted by atomic mass is 127. The molecular weight excluding hydrogens is 933 g/mol. The first-order valence-corrected chi connectivity index (χ1v) is 23.2. The van der Waals surface area contributed by atoms with Crippen molar-refractivity contribution >= 4 is 0 Å². The van der Waals surface area contributed by atoms with E-state index in [4.69, 9.17) is 0 Å². The maximum absolute atomic E-state index is 2.31. The van der Waals surface area contributed by atoms with Crippen LogP contribution in [0.5, 0.6) is 0 Å². The third kappa shape index (κ3) is 14.3. The summed E-state index contributed by atoms with van der Waals surface area (Å²) in [7, 11) is 0. The molecule has 0 nitrogen and oxygen atoms in total. The molecule has 3 heteroatoms. The largest absolute Gasteiger partial charge is 0.357 e. The summed E-state index contributed by atoms with van der Waals surface area (Å²) in [5.41, 5.74) is 5.99. The maximum atomic E-state index is 2.31. The van der Waals surface area contributed by atoms with Crippen molar-refractivity contribution < 1.29 is 63.6 Å². The van der Waals surface area contributed by atoms with Crippen LogP contribution in [0.15, 0.2) is 158 Å². The third-order valence-electron chi connectivity index (χ3n) is 7.56. The first kappa shape index (κ1) is 39.3. The van der Waals surface area contributed by atoms with Gasteiger partial charge in [0, 0.05) is 0 Å². The molecule has 0 saturated heterocycles. The Morgan fingerprint density at radius 3 is 0.755 bits per heavy atom. The van der Waals surface area contributed by atoms with Gasteiger partial charge in [0.25, 0.3) is 0 Å². The lowest BCUT2D eigenvalue weighted by molar-refractivity contribution is -0.597. The Labute approximate surface area is 328 Å². The fourth-order valence-corrected chi connectivity index (χ4v) is 11.1.